The highest BCUT2D eigenvalue weighted by atomic mass is 16.2. The van der Waals surface area contributed by atoms with Gasteiger partial charge in [-0.1, -0.05) is 0 Å². The summed E-state index contributed by atoms with van der Waals surface area (Å²) in [5.41, 5.74) is 1.77. The lowest BCUT2D eigenvalue weighted by molar-refractivity contribution is -0.152. The molecule has 0 aromatic heterocycles. The van der Waals surface area contributed by atoms with Crippen LogP contribution in [-0.4, -0.2) is 84.8 Å². The number of rotatable bonds is 4. The van der Waals surface area contributed by atoms with E-state index in [0.29, 0.717) is 44.8 Å². The van der Waals surface area contributed by atoms with Crippen molar-refractivity contribution in [3.63, 3.8) is 0 Å². The summed E-state index contributed by atoms with van der Waals surface area (Å²) in [6.07, 6.45) is 1.93. The summed E-state index contributed by atoms with van der Waals surface area (Å²) in [5, 5.41) is 0. The summed E-state index contributed by atoms with van der Waals surface area (Å²) in [6, 6.07) is 7.69. The number of nitrogens with zero attached hydrogens (tertiary/aromatic N) is 4. The fourth-order valence-electron chi connectivity index (χ4n) is 3.89. The Kier molecular flexibility index (Phi) is 6.54. The van der Waals surface area contributed by atoms with E-state index in [9.17, 15) is 14.4 Å². The first-order valence-corrected chi connectivity index (χ1v) is 10.3. The molecule has 0 saturated carbocycles. The van der Waals surface area contributed by atoms with E-state index >= 15 is 0 Å². The van der Waals surface area contributed by atoms with Gasteiger partial charge in [0.25, 0.3) is 5.91 Å². The van der Waals surface area contributed by atoms with Gasteiger partial charge < -0.3 is 19.6 Å². The smallest absolute Gasteiger partial charge is 0.312 e. The van der Waals surface area contributed by atoms with Crippen LogP contribution in [0.25, 0.3) is 0 Å². The Hall–Kier alpha value is -2.57. The van der Waals surface area contributed by atoms with Crippen molar-refractivity contribution >= 4 is 23.4 Å². The third-order valence-electron chi connectivity index (χ3n) is 5.67. The summed E-state index contributed by atoms with van der Waals surface area (Å²) in [5.74, 6) is -0.856. The third kappa shape index (κ3) is 4.29. The van der Waals surface area contributed by atoms with Crippen molar-refractivity contribution in [2.75, 3.05) is 57.3 Å². The molecular formula is C21H30N4O3. The van der Waals surface area contributed by atoms with Crippen molar-refractivity contribution in [2.45, 2.75) is 26.7 Å². The van der Waals surface area contributed by atoms with Crippen LogP contribution < -0.4 is 4.90 Å². The van der Waals surface area contributed by atoms with Gasteiger partial charge in [-0.15, -0.1) is 0 Å². The van der Waals surface area contributed by atoms with Crippen molar-refractivity contribution < 1.29 is 14.4 Å². The fraction of sp³-hybridized carbons (Fsp3) is 0.571. The predicted molar refractivity (Wildman–Crippen MR) is 108 cm³/mol. The summed E-state index contributed by atoms with van der Waals surface area (Å²) >= 11 is 0. The molecule has 0 atom stereocenters. The number of carbonyl (C=O) groups excluding carboxylic acids is 3. The molecule has 2 heterocycles. The number of hydrogen-bond donors (Lipinski definition) is 0. The highest BCUT2D eigenvalue weighted by Crippen LogP contribution is 2.17. The van der Waals surface area contributed by atoms with Crippen molar-refractivity contribution in [2.24, 2.45) is 0 Å². The van der Waals surface area contributed by atoms with E-state index in [0.717, 1.165) is 31.6 Å². The Morgan fingerprint density at radius 2 is 1.21 bits per heavy atom. The fourth-order valence-corrected chi connectivity index (χ4v) is 3.89. The minimum Gasteiger partial charge on any atom is -0.372 e. The summed E-state index contributed by atoms with van der Waals surface area (Å²) in [7, 11) is 0. The number of amides is 3. The van der Waals surface area contributed by atoms with Crippen LogP contribution in [0.4, 0.5) is 5.69 Å². The minimum atomic E-state index is -0.433. The van der Waals surface area contributed by atoms with Crippen LogP contribution in [0.5, 0.6) is 0 Å². The van der Waals surface area contributed by atoms with Crippen molar-refractivity contribution in [1.29, 1.82) is 0 Å². The van der Waals surface area contributed by atoms with Crippen molar-refractivity contribution in [3.8, 4) is 0 Å². The van der Waals surface area contributed by atoms with Gasteiger partial charge in [0, 0.05) is 63.6 Å². The average molecular weight is 386 g/mol. The molecule has 0 bridgehead atoms. The van der Waals surface area contributed by atoms with E-state index in [4.69, 9.17) is 0 Å². The van der Waals surface area contributed by atoms with Crippen LogP contribution in [-0.2, 0) is 9.59 Å². The molecule has 0 spiro atoms. The van der Waals surface area contributed by atoms with E-state index in [-0.39, 0.29) is 5.91 Å². The molecule has 0 unspecified atom stereocenters. The molecule has 2 aliphatic heterocycles. The van der Waals surface area contributed by atoms with E-state index in [1.165, 1.54) is 0 Å². The molecule has 0 radical (unpaired) electrons. The van der Waals surface area contributed by atoms with Gasteiger partial charge in [-0.25, -0.2) is 0 Å². The summed E-state index contributed by atoms with van der Waals surface area (Å²) < 4.78 is 0. The van der Waals surface area contributed by atoms with Gasteiger partial charge in [0.2, 0.25) is 0 Å². The number of likely N-dealkylation sites (tertiary alicyclic amines) is 1. The molecule has 2 fully saturated rings. The van der Waals surface area contributed by atoms with Crippen LogP contribution in [0.3, 0.4) is 0 Å². The standard InChI is InChI=1S/C21H30N4O3/c1-3-22(4-2)18-9-7-17(8-10-18)19(26)24-13-15-25(16-14-24)21(28)20(27)23-11-5-6-12-23/h7-10H,3-6,11-16H2,1-2H3. The van der Waals surface area contributed by atoms with Crippen LogP contribution in [0.2, 0.25) is 0 Å². The number of carbonyl (C=O) groups is 3. The zero-order valence-electron chi connectivity index (χ0n) is 16.9. The number of benzene rings is 1. The van der Waals surface area contributed by atoms with Crippen LogP contribution in [0.15, 0.2) is 24.3 Å². The first-order valence-electron chi connectivity index (χ1n) is 10.3. The molecule has 3 amide bonds. The zero-order chi connectivity index (χ0) is 20.1. The first-order chi connectivity index (χ1) is 13.5. The zero-order valence-corrected chi connectivity index (χ0v) is 16.9. The highest BCUT2D eigenvalue weighted by molar-refractivity contribution is 6.35. The first kappa shape index (κ1) is 20.2. The molecule has 152 valence electrons. The lowest BCUT2D eigenvalue weighted by Gasteiger charge is -2.35. The Bertz CT molecular complexity index is 701. The van der Waals surface area contributed by atoms with Crippen LogP contribution in [0, 0.1) is 0 Å². The van der Waals surface area contributed by atoms with Crippen LogP contribution >= 0.6 is 0 Å². The molecule has 2 aliphatic rings. The van der Waals surface area contributed by atoms with E-state index in [2.05, 4.69) is 18.7 Å². The van der Waals surface area contributed by atoms with Crippen LogP contribution in [0.1, 0.15) is 37.0 Å². The van der Waals surface area contributed by atoms with Gasteiger partial charge in [-0.05, 0) is 51.0 Å². The quantitative estimate of drug-likeness (QED) is 0.735. The highest BCUT2D eigenvalue weighted by Gasteiger charge is 2.31. The summed E-state index contributed by atoms with van der Waals surface area (Å²) in [4.78, 5) is 44.7. The number of piperazine rings is 1. The van der Waals surface area contributed by atoms with Gasteiger partial charge in [-0.3, -0.25) is 14.4 Å². The minimum absolute atomic E-state index is 0.0240. The third-order valence-corrected chi connectivity index (χ3v) is 5.67. The lowest BCUT2D eigenvalue weighted by atomic mass is 10.1. The van der Waals surface area contributed by atoms with Crippen molar-refractivity contribution in [3.05, 3.63) is 29.8 Å². The van der Waals surface area contributed by atoms with E-state index < -0.39 is 11.8 Å². The van der Waals surface area contributed by atoms with Gasteiger partial charge >= 0.3 is 11.8 Å². The second-order valence-corrected chi connectivity index (χ2v) is 7.30. The molecule has 0 N–H and O–H groups in total. The second-order valence-electron chi connectivity index (χ2n) is 7.30. The number of anilines is 1. The topological polar surface area (TPSA) is 64.2 Å². The number of hydrogen-bond acceptors (Lipinski definition) is 4. The van der Waals surface area contributed by atoms with Gasteiger partial charge in [-0.2, -0.15) is 0 Å². The summed E-state index contributed by atoms with van der Waals surface area (Å²) in [6.45, 7) is 9.13. The Morgan fingerprint density at radius 3 is 1.71 bits per heavy atom. The van der Waals surface area contributed by atoms with Gasteiger partial charge in [0.05, 0.1) is 0 Å². The maximum Gasteiger partial charge on any atom is 0.312 e. The molecule has 2 saturated heterocycles. The molecule has 0 aliphatic carbocycles. The molecule has 7 nitrogen and oxygen atoms in total. The predicted octanol–water partition coefficient (Wildman–Crippen LogP) is 1.44. The Balaban J connectivity index is 1.54. The van der Waals surface area contributed by atoms with E-state index in [1.807, 2.05) is 24.3 Å². The maximum absolute atomic E-state index is 12.8. The maximum atomic E-state index is 12.8. The van der Waals surface area contributed by atoms with E-state index in [1.54, 1.807) is 14.7 Å². The molecule has 7 heteroatoms. The van der Waals surface area contributed by atoms with Gasteiger partial charge in [0.15, 0.2) is 0 Å². The monoisotopic (exact) mass is 386 g/mol. The molecule has 3 rings (SSSR count). The molecule has 1 aromatic carbocycles. The Labute approximate surface area is 166 Å². The van der Waals surface area contributed by atoms with Crippen molar-refractivity contribution in [1.82, 2.24) is 14.7 Å². The molecule has 1 aromatic rings. The second kappa shape index (κ2) is 9.08. The molecular weight excluding hydrogens is 356 g/mol. The normalized spacial score (nSPS) is 17.0. The Morgan fingerprint density at radius 1 is 0.750 bits per heavy atom. The lowest BCUT2D eigenvalue weighted by Crippen LogP contribution is -2.54. The SMILES string of the molecule is CCN(CC)c1ccc(C(=O)N2CCN(C(=O)C(=O)N3CCCC3)CC2)cc1. The molecule has 28 heavy (non-hydrogen) atoms. The average Bonchev–Trinajstić information content (AvgIpc) is 3.28. The largest absolute Gasteiger partial charge is 0.372 e. The van der Waals surface area contributed by atoms with Gasteiger partial charge in [0.1, 0.15) is 0 Å².